The second-order valence-electron chi connectivity index (χ2n) is 6.83. The van der Waals surface area contributed by atoms with Gasteiger partial charge in [0.15, 0.2) is 0 Å². The van der Waals surface area contributed by atoms with Crippen LogP contribution in [0.1, 0.15) is 45.6 Å². The fraction of sp³-hybridized carbons (Fsp3) is 0.647. The summed E-state index contributed by atoms with van der Waals surface area (Å²) >= 11 is 0. The van der Waals surface area contributed by atoms with Crippen LogP contribution < -0.4 is 10.2 Å². The van der Waals surface area contributed by atoms with E-state index in [1.54, 1.807) is 0 Å². The zero-order valence-corrected chi connectivity index (χ0v) is 12.9. The SMILES string of the molecule is CC(C)c1ccccc1N1CCCNCC(C)(C)C1. The van der Waals surface area contributed by atoms with E-state index in [0.29, 0.717) is 11.3 Å². The van der Waals surface area contributed by atoms with Gasteiger partial charge in [-0.25, -0.2) is 0 Å². The lowest BCUT2D eigenvalue weighted by Crippen LogP contribution is -2.45. The Morgan fingerprint density at radius 3 is 2.68 bits per heavy atom. The van der Waals surface area contributed by atoms with Gasteiger partial charge in [0.2, 0.25) is 0 Å². The van der Waals surface area contributed by atoms with Crippen LogP contribution in [0.4, 0.5) is 5.69 Å². The number of hydrogen-bond acceptors (Lipinski definition) is 2. The van der Waals surface area contributed by atoms with E-state index in [1.807, 2.05) is 0 Å². The lowest BCUT2D eigenvalue weighted by Gasteiger charge is -2.38. The average Bonchev–Trinajstić information content (AvgIpc) is 2.34. The molecule has 1 N–H and O–H groups in total. The van der Waals surface area contributed by atoms with E-state index in [9.17, 15) is 0 Å². The largest absolute Gasteiger partial charge is 0.371 e. The maximum Gasteiger partial charge on any atom is 0.0401 e. The number of benzene rings is 1. The van der Waals surface area contributed by atoms with E-state index in [-0.39, 0.29) is 0 Å². The molecular weight excluding hydrogens is 232 g/mol. The number of nitrogens with zero attached hydrogens (tertiary/aromatic N) is 1. The van der Waals surface area contributed by atoms with E-state index < -0.39 is 0 Å². The smallest absolute Gasteiger partial charge is 0.0401 e. The highest BCUT2D eigenvalue weighted by molar-refractivity contribution is 5.55. The lowest BCUT2D eigenvalue weighted by atomic mass is 9.90. The van der Waals surface area contributed by atoms with Crippen LogP contribution in [0.3, 0.4) is 0 Å². The number of para-hydroxylation sites is 1. The number of hydrogen-bond donors (Lipinski definition) is 1. The van der Waals surface area contributed by atoms with E-state index in [4.69, 9.17) is 0 Å². The van der Waals surface area contributed by atoms with Gasteiger partial charge in [0.1, 0.15) is 0 Å². The molecule has 0 bridgehead atoms. The highest BCUT2D eigenvalue weighted by Gasteiger charge is 2.24. The minimum absolute atomic E-state index is 0.324. The monoisotopic (exact) mass is 260 g/mol. The predicted octanol–water partition coefficient (Wildman–Crippen LogP) is 3.64. The summed E-state index contributed by atoms with van der Waals surface area (Å²) in [5.41, 5.74) is 3.24. The van der Waals surface area contributed by atoms with E-state index in [0.717, 1.165) is 26.2 Å². The van der Waals surface area contributed by atoms with E-state index >= 15 is 0 Å². The van der Waals surface area contributed by atoms with Crippen molar-refractivity contribution in [2.45, 2.75) is 40.0 Å². The Morgan fingerprint density at radius 1 is 1.21 bits per heavy atom. The highest BCUT2D eigenvalue weighted by Crippen LogP contribution is 2.30. The first-order valence-corrected chi connectivity index (χ1v) is 7.54. The van der Waals surface area contributed by atoms with Crippen molar-refractivity contribution >= 4 is 5.69 Å². The van der Waals surface area contributed by atoms with Crippen molar-refractivity contribution < 1.29 is 0 Å². The molecule has 0 atom stereocenters. The molecule has 106 valence electrons. The lowest BCUT2D eigenvalue weighted by molar-refractivity contribution is 0.325. The van der Waals surface area contributed by atoms with Crippen molar-refractivity contribution in [1.82, 2.24) is 5.32 Å². The van der Waals surface area contributed by atoms with Gasteiger partial charge in [0.05, 0.1) is 0 Å². The zero-order chi connectivity index (χ0) is 13.9. The third-order valence-corrected chi connectivity index (χ3v) is 3.90. The molecule has 0 aliphatic carbocycles. The van der Waals surface area contributed by atoms with Gasteiger partial charge in [-0.1, -0.05) is 45.9 Å². The van der Waals surface area contributed by atoms with Crippen LogP contribution in [-0.2, 0) is 0 Å². The number of anilines is 1. The molecule has 1 aliphatic rings. The fourth-order valence-electron chi connectivity index (χ4n) is 2.94. The second-order valence-corrected chi connectivity index (χ2v) is 6.83. The van der Waals surface area contributed by atoms with Crippen molar-refractivity contribution in [2.75, 3.05) is 31.1 Å². The molecule has 0 saturated carbocycles. The van der Waals surface area contributed by atoms with Gasteiger partial charge >= 0.3 is 0 Å². The van der Waals surface area contributed by atoms with Gasteiger partial charge in [-0.05, 0) is 35.9 Å². The summed E-state index contributed by atoms with van der Waals surface area (Å²) in [6.45, 7) is 13.8. The molecule has 2 nitrogen and oxygen atoms in total. The number of rotatable bonds is 2. The molecule has 1 fully saturated rings. The summed E-state index contributed by atoms with van der Waals surface area (Å²) in [6.07, 6.45) is 1.22. The highest BCUT2D eigenvalue weighted by atomic mass is 15.1. The quantitative estimate of drug-likeness (QED) is 0.873. The van der Waals surface area contributed by atoms with Crippen molar-refractivity contribution in [3.8, 4) is 0 Å². The normalized spacial score (nSPS) is 20.2. The molecule has 0 unspecified atom stereocenters. The van der Waals surface area contributed by atoms with Crippen LogP contribution in [0.25, 0.3) is 0 Å². The minimum atomic E-state index is 0.324. The summed E-state index contributed by atoms with van der Waals surface area (Å²) in [5.74, 6) is 0.586. The number of nitrogens with one attached hydrogen (secondary N) is 1. The molecule has 0 aromatic heterocycles. The van der Waals surface area contributed by atoms with Gasteiger partial charge in [-0.2, -0.15) is 0 Å². The molecule has 1 saturated heterocycles. The Labute approximate surface area is 118 Å². The topological polar surface area (TPSA) is 15.3 Å². The summed E-state index contributed by atoms with van der Waals surface area (Å²) in [4.78, 5) is 2.59. The zero-order valence-electron chi connectivity index (χ0n) is 12.9. The van der Waals surface area contributed by atoms with Crippen molar-refractivity contribution in [1.29, 1.82) is 0 Å². The Hall–Kier alpha value is -1.02. The molecule has 2 rings (SSSR count). The Bertz CT molecular complexity index is 409. The summed E-state index contributed by atoms with van der Waals surface area (Å²) in [5, 5.41) is 3.56. The third kappa shape index (κ3) is 3.73. The van der Waals surface area contributed by atoms with Gasteiger partial charge < -0.3 is 10.2 Å². The Morgan fingerprint density at radius 2 is 1.95 bits per heavy atom. The maximum absolute atomic E-state index is 3.56. The molecule has 19 heavy (non-hydrogen) atoms. The van der Waals surface area contributed by atoms with E-state index in [2.05, 4.69) is 62.2 Å². The first kappa shape index (κ1) is 14.4. The Kier molecular flexibility index (Phi) is 4.51. The van der Waals surface area contributed by atoms with Crippen molar-refractivity contribution in [3.63, 3.8) is 0 Å². The van der Waals surface area contributed by atoms with Gasteiger partial charge in [-0.15, -0.1) is 0 Å². The van der Waals surface area contributed by atoms with Crippen LogP contribution in [0, 0.1) is 5.41 Å². The van der Waals surface area contributed by atoms with Gasteiger partial charge in [0, 0.05) is 25.3 Å². The molecule has 1 aromatic rings. The molecule has 1 aliphatic heterocycles. The van der Waals surface area contributed by atoms with Crippen LogP contribution >= 0.6 is 0 Å². The second kappa shape index (κ2) is 5.96. The maximum atomic E-state index is 3.56. The minimum Gasteiger partial charge on any atom is -0.371 e. The first-order chi connectivity index (χ1) is 8.99. The van der Waals surface area contributed by atoms with Crippen LogP contribution in [0.5, 0.6) is 0 Å². The van der Waals surface area contributed by atoms with E-state index in [1.165, 1.54) is 17.7 Å². The Balaban J connectivity index is 2.27. The fourth-order valence-corrected chi connectivity index (χ4v) is 2.94. The van der Waals surface area contributed by atoms with Crippen molar-refractivity contribution in [3.05, 3.63) is 29.8 Å². The summed E-state index contributed by atoms with van der Waals surface area (Å²) in [6, 6.07) is 8.91. The van der Waals surface area contributed by atoms with Crippen molar-refractivity contribution in [2.24, 2.45) is 5.41 Å². The molecule has 1 aromatic carbocycles. The van der Waals surface area contributed by atoms with Gasteiger partial charge in [0.25, 0.3) is 0 Å². The van der Waals surface area contributed by atoms with Crippen LogP contribution in [0.2, 0.25) is 0 Å². The van der Waals surface area contributed by atoms with Crippen LogP contribution in [0.15, 0.2) is 24.3 Å². The van der Waals surface area contributed by atoms with Gasteiger partial charge in [-0.3, -0.25) is 0 Å². The van der Waals surface area contributed by atoms with Crippen LogP contribution in [-0.4, -0.2) is 26.2 Å². The first-order valence-electron chi connectivity index (χ1n) is 7.54. The summed E-state index contributed by atoms with van der Waals surface area (Å²) < 4.78 is 0. The third-order valence-electron chi connectivity index (χ3n) is 3.90. The molecule has 0 spiro atoms. The molecule has 0 amide bonds. The predicted molar refractivity (Wildman–Crippen MR) is 84.0 cm³/mol. The molecule has 0 radical (unpaired) electrons. The molecule has 2 heteroatoms. The average molecular weight is 260 g/mol. The molecular formula is C17H28N2. The summed E-state index contributed by atoms with van der Waals surface area (Å²) in [7, 11) is 0. The standard InChI is InChI=1S/C17H28N2/c1-14(2)15-8-5-6-9-16(15)19-11-7-10-18-12-17(3,4)13-19/h5-6,8-9,14,18H,7,10-13H2,1-4H3. The molecule has 1 heterocycles.